The topological polar surface area (TPSA) is 95.6 Å². The van der Waals surface area contributed by atoms with E-state index in [-0.39, 0.29) is 15.8 Å². The van der Waals surface area contributed by atoms with Crippen LogP contribution in [0, 0.1) is 0 Å². The third kappa shape index (κ3) is 5.67. The van der Waals surface area contributed by atoms with Crippen molar-refractivity contribution < 1.29 is 18.0 Å². The van der Waals surface area contributed by atoms with Gasteiger partial charge in [-0.3, -0.25) is 9.59 Å². The van der Waals surface area contributed by atoms with Gasteiger partial charge in [0, 0.05) is 24.7 Å². The molecule has 2 rings (SSSR count). The van der Waals surface area contributed by atoms with E-state index in [4.69, 9.17) is 23.2 Å². The first-order valence-corrected chi connectivity index (χ1v) is 9.88. The first-order valence-electron chi connectivity index (χ1n) is 7.68. The number of carbonyl (C=O) groups is 2. The van der Waals surface area contributed by atoms with Crippen LogP contribution in [-0.4, -0.2) is 38.1 Å². The smallest absolute Gasteiger partial charge is 0.243 e. The Balaban J connectivity index is 2.09. The molecule has 27 heavy (non-hydrogen) atoms. The van der Waals surface area contributed by atoms with Gasteiger partial charge in [-0.15, -0.1) is 0 Å². The van der Waals surface area contributed by atoms with E-state index in [1.807, 2.05) is 0 Å². The third-order valence-electron chi connectivity index (χ3n) is 3.45. The zero-order valence-corrected chi connectivity index (χ0v) is 16.8. The Kier molecular flexibility index (Phi) is 6.83. The fraction of sp³-hybridized carbons (Fsp3) is 0.176. The van der Waals surface area contributed by atoms with E-state index in [9.17, 15) is 18.0 Å². The molecule has 7 nitrogen and oxygen atoms in total. The van der Waals surface area contributed by atoms with Gasteiger partial charge in [-0.1, -0.05) is 23.2 Å². The minimum Gasteiger partial charge on any atom is -0.326 e. The molecule has 2 aromatic rings. The van der Waals surface area contributed by atoms with E-state index >= 15 is 0 Å². The van der Waals surface area contributed by atoms with Crippen molar-refractivity contribution >= 4 is 56.4 Å². The second kappa shape index (κ2) is 8.71. The lowest BCUT2D eigenvalue weighted by Gasteiger charge is -2.17. The number of amides is 2. The van der Waals surface area contributed by atoms with E-state index in [2.05, 4.69) is 10.6 Å². The molecule has 0 aliphatic carbocycles. The van der Waals surface area contributed by atoms with Crippen LogP contribution in [0.4, 0.5) is 11.4 Å². The Hall–Kier alpha value is -2.13. The molecular formula is C17H17Cl2N3O4S. The zero-order chi connectivity index (χ0) is 20.2. The first kappa shape index (κ1) is 21.2. The van der Waals surface area contributed by atoms with Gasteiger partial charge in [-0.05, 0) is 42.5 Å². The van der Waals surface area contributed by atoms with Gasteiger partial charge in [0.05, 0.1) is 22.2 Å². The number of nitrogens with one attached hydrogen (secondary N) is 2. The third-order valence-corrected chi connectivity index (χ3v) is 5.83. The molecule has 0 fully saturated rings. The van der Waals surface area contributed by atoms with Gasteiger partial charge >= 0.3 is 0 Å². The lowest BCUT2D eigenvalue weighted by molar-refractivity contribution is -0.116. The van der Waals surface area contributed by atoms with Crippen molar-refractivity contribution in [1.82, 2.24) is 4.31 Å². The molecule has 0 saturated heterocycles. The van der Waals surface area contributed by atoms with E-state index in [1.54, 1.807) is 6.07 Å². The number of hydrogen-bond donors (Lipinski definition) is 2. The quantitative estimate of drug-likeness (QED) is 0.736. The normalized spacial score (nSPS) is 11.3. The van der Waals surface area contributed by atoms with Crippen molar-refractivity contribution in [3.63, 3.8) is 0 Å². The monoisotopic (exact) mass is 429 g/mol. The molecule has 0 unspecified atom stereocenters. The predicted octanol–water partition coefficient (Wildman–Crippen LogP) is 3.21. The maximum Gasteiger partial charge on any atom is 0.243 e. The van der Waals surface area contributed by atoms with E-state index in [0.717, 1.165) is 4.31 Å². The minimum absolute atomic E-state index is 0.00677. The van der Waals surface area contributed by atoms with Gasteiger partial charge in [0.15, 0.2) is 0 Å². The molecule has 2 N–H and O–H groups in total. The van der Waals surface area contributed by atoms with Crippen LogP contribution in [-0.2, 0) is 19.6 Å². The summed E-state index contributed by atoms with van der Waals surface area (Å²) in [6.45, 7) is 0.932. The number of anilines is 2. The fourth-order valence-electron chi connectivity index (χ4n) is 2.16. The van der Waals surface area contributed by atoms with Crippen molar-refractivity contribution in [1.29, 1.82) is 0 Å². The second-order valence-corrected chi connectivity index (χ2v) is 8.53. The van der Waals surface area contributed by atoms with Crippen LogP contribution in [0.1, 0.15) is 6.92 Å². The SMILES string of the molecule is CC(=O)Nc1ccc(S(=O)(=O)N(C)CC(=O)Nc2cc(Cl)ccc2Cl)cc1. The summed E-state index contributed by atoms with van der Waals surface area (Å²) in [6.07, 6.45) is 0. The highest BCUT2D eigenvalue weighted by atomic mass is 35.5. The summed E-state index contributed by atoms with van der Waals surface area (Å²) in [5.41, 5.74) is 0.761. The van der Waals surface area contributed by atoms with Crippen LogP contribution in [0.2, 0.25) is 10.0 Å². The molecule has 0 atom stereocenters. The van der Waals surface area contributed by atoms with Crippen molar-refractivity contribution in [2.24, 2.45) is 0 Å². The number of halogens is 2. The van der Waals surface area contributed by atoms with Gasteiger partial charge in [0.25, 0.3) is 0 Å². The van der Waals surface area contributed by atoms with Gasteiger partial charge < -0.3 is 10.6 Å². The molecule has 0 spiro atoms. The maximum atomic E-state index is 12.6. The number of likely N-dealkylation sites (N-methyl/N-ethyl adjacent to an activating group) is 1. The molecule has 0 saturated carbocycles. The summed E-state index contributed by atoms with van der Waals surface area (Å²) in [4.78, 5) is 23.2. The molecule has 2 amide bonds. The van der Waals surface area contributed by atoms with Crippen molar-refractivity contribution in [2.45, 2.75) is 11.8 Å². The Morgan fingerprint density at radius 2 is 1.67 bits per heavy atom. The standard InChI is InChI=1S/C17H17Cl2N3O4S/c1-11(23)20-13-4-6-14(7-5-13)27(25,26)22(2)10-17(24)21-16-9-12(18)3-8-15(16)19/h3-9H,10H2,1-2H3,(H,20,23)(H,21,24). The van der Waals surface area contributed by atoms with Crippen LogP contribution >= 0.6 is 23.2 Å². The van der Waals surface area contributed by atoms with Gasteiger partial charge in [-0.25, -0.2) is 8.42 Å². The van der Waals surface area contributed by atoms with Crippen LogP contribution in [0.3, 0.4) is 0 Å². The summed E-state index contributed by atoms with van der Waals surface area (Å²) < 4.78 is 26.1. The first-order chi connectivity index (χ1) is 12.6. The highest BCUT2D eigenvalue weighted by Gasteiger charge is 2.23. The Bertz CT molecular complexity index is 963. The summed E-state index contributed by atoms with van der Waals surface area (Å²) >= 11 is 11.8. The molecule has 0 radical (unpaired) electrons. The summed E-state index contributed by atoms with van der Waals surface area (Å²) in [5, 5.41) is 5.74. The summed E-state index contributed by atoms with van der Waals surface area (Å²) in [5.74, 6) is -0.834. The van der Waals surface area contributed by atoms with Crippen LogP contribution < -0.4 is 10.6 Å². The lowest BCUT2D eigenvalue weighted by atomic mass is 10.3. The fourth-order valence-corrected chi connectivity index (χ4v) is 3.63. The van der Waals surface area contributed by atoms with Gasteiger partial charge in [0.2, 0.25) is 21.8 Å². The number of carbonyl (C=O) groups excluding carboxylic acids is 2. The van der Waals surface area contributed by atoms with Crippen molar-refractivity contribution in [3.05, 3.63) is 52.5 Å². The van der Waals surface area contributed by atoms with Crippen molar-refractivity contribution in [3.8, 4) is 0 Å². The molecular weight excluding hydrogens is 413 g/mol. The average molecular weight is 430 g/mol. The maximum absolute atomic E-state index is 12.6. The van der Waals surface area contributed by atoms with Crippen LogP contribution in [0.25, 0.3) is 0 Å². The summed E-state index contributed by atoms with van der Waals surface area (Å²) in [6, 6.07) is 10.2. The number of hydrogen-bond acceptors (Lipinski definition) is 4. The Morgan fingerprint density at radius 3 is 2.26 bits per heavy atom. The Morgan fingerprint density at radius 1 is 1.04 bits per heavy atom. The zero-order valence-electron chi connectivity index (χ0n) is 14.5. The molecule has 0 aliphatic rings. The van der Waals surface area contributed by atoms with E-state index < -0.39 is 22.5 Å². The van der Waals surface area contributed by atoms with Gasteiger partial charge in [-0.2, -0.15) is 4.31 Å². The highest BCUT2D eigenvalue weighted by molar-refractivity contribution is 7.89. The second-order valence-electron chi connectivity index (χ2n) is 5.64. The van der Waals surface area contributed by atoms with Crippen LogP contribution in [0.5, 0.6) is 0 Å². The van der Waals surface area contributed by atoms with E-state index in [0.29, 0.717) is 16.4 Å². The molecule has 0 aliphatic heterocycles. The van der Waals surface area contributed by atoms with Gasteiger partial charge in [0.1, 0.15) is 0 Å². The highest BCUT2D eigenvalue weighted by Crippen LogP contribution is 2.25. The largest absolute Gasteiger partial charge is 0.326 e. The molecule has 0 heterocycles. The lowest BCUT2D eigenvalue weighted by Crippen LogP contribution is -2.35. The predicted molar refractivity (Wildman–Crippen MR) is 106 cm³/mol. The number of benzene rings is 2. The molecule has 10 heteroatoms. The number of rotatable bonds is 6. The molecule has 2 aromatic carbocycles. The number of nitrogens with zero attached hydrogens (tertiary/aromatic N) is 1. The van der Waals surface area contributed by atoms with Crippen LogP contribution in [0.15, 0.2) is 47.4 Å². The Labute approximate surface area is 167 Å². The van der Waals surface area contributed by atoms with Crippen molar-refractivity contribution in [2.75, 3.05) is 24.2 Å². The number of sulfonamides is 1. The molecule has 0 aromatic heterocycles. The molecule has 144 valence electrons. The summed E-state index contributed by atoms with van der Waals surface area (Å²) in [7, 11) is -2.60. The average Bonchev–Trinajstić information content (AvgIpc) is 2.58. The molecule has 0 bridgehead atoms. The van der Waals surface area contributed by atoms with E-state index in [1.165, 1.54) is 50.4 Å². The minimum atomic E-state index is -3.89.